The van der Waals surface area contributed by atoms with E-state index in [0.717, 1.165) is 24.0 Å². The van der Waals surface area contributed by atoms with E-state index in [4.69, 9.17) is 9.47 Å². The van der Waals surface area contributed by atoms with Gasteiger partial charge in [0, 0.05) is 55.9 Å². The summed E-state index contributed by atoms with van der Waals surface area (Å²) in [7, 11) is 0. The molecule has 5 rings (SSSR count). The average Bonchev–Trinajstić information content (AvgIpc) is 3.38. The van der Waals surface area contributed by atoms with Crippen LogP contribution in [-0.2, 0) is 44.7 Å². The number of carbonyl (C=O) groups excluding carboxylic acids is 6. The van der Waals surface area contributed by atoms with Crippen molar-refractivity contribution in [3.05, 3.63) is 89.6 Å². The number of aliphatic hydroxyl groups excluding tert-OH is 3. The monoisotopic (exact) mass is 1070 g/mol. The summed E-state index contributed by atoms with van der Waals surface area (Å²) in [5.74, 6) is -5.70. The van der Waals surface area contributed by atoms with Crippen LogP contribution in [0.2, 0.25) is 0 Å². The van der Waals surface area contributed by atoms with E-state index < -0.39 is 89.5 Å². The maximum atomic E-state index is 14.6. The molecule has 2 fully saturated rings. The standard InChI is InChI=1S/C61H90N4O12/c1-11-45-31-41(8)61(63-57(45)72)40(7)30-39(6)54(77-61)35-51(69)37(4)20-14-12-15-21-38(5)53-26-17-13-16-25-50(68)43(10)56(71)48(28-27-42(9)66)58(73)62-55(36(2)3)52(70)34-46(32-44-22-18-23-47(67)33-44)59(74)65-29-19-24-49(64-65)60(75)76-53/h12-13,15-18,21-23,25,30,33,36-37,39,41,43,45-46,48-51,53-56,64,67-69,71H,11,14,19-20,24,26-29,31-32,34-35H2,1-10H3,(H,62,73)(H,63,72). The zero-order valence-electron chi connectivity index (χ0n) is 47.3. The summed E-state index contributed by atoms with van der Waals surface area (Å²) in [5.41, 5.74) is 4.56. The summed E-state index contributed by atoms with van der Waals surface area (Å²) in [4.78, 5) is 82.3. The first kappa shape index (κ1) is 62.6. The van der Waals surface area contributed by atoms with Crippen LogP contribution in [0, 0.1) is 47.3 Å². The minimum atomic E-state index is -1.41. The lowest BCUT2D eigenvalue weighted by Crippen LogP contribution is -2.64. The van der Waals surface area contributed by atoms with E-state index in [1.165, 1.54) is 30.1 Å². The Balaban J connectivity index is 1.35. The van der Waals surface area contributed by atoms with Gasteiger partial charge in [0.05, 0.1) is 42.3 Å². The van der Waals surface area contributed by atoms with Crippen LogP contribution in [0.25, 0.3) is 0 Å². The number of cyclic esters (lactones) is 1. The smallest absolute Gasteiger partial charge is 0.325 e. The number of phenols is 1. The summed E-state index contributed by atoms with van der Waals surface area (Å²) < 4.78 is 13.0. The van der Waals surface area contributed by atoms with Crippen molar-refractivity contribution in [1.29, 1.82) is 0 Å². The number of aliphatic hydroxyl groups is 3. The number of hydrazine groups is 1. The van der Waals surface area contributed by atoms with Crippen LogP contribution in [0.3, 0.4) is 0 Å². The topological polar surface area (TPSA) is 241 Å². The lowest BCUT2D eigenvalue weighted by Gasteiger charge is -2.51. The van der Waals surface area contributed by atoms with Gasteiger partial charge in [-0.2, -0.15) is 0 Å². The predicted molar refractivity (Wildman–Crippen MR) is 295 cm³/mol. The summed E-state index contributed by atoms with van der Waals surface area (Å²) in [6, 6.07) is 4.44. The number of piperidine rings is 1. The van der Waals surface area contributed by atoms with Crippen LogP contribution >= 0.6 is 0 Å². The molecule has 0 aromatic heterocycles. The highest BCUT2D eigenvalue weighted by atomic mass is 16.5. The first-order valence-corrected chi connectivity index (χ1v) is 28.2. The molecule has 4 aliphatic heterocycles. The molecule has 2 saturated heterocycles. The van der Waals surface area contributed by atoms with Crippen molar-refractivity contribution in [3.63, 3.8) is 0 Å². The van der Waals surface area contributed by atoms with E-state index >= 15 is 0 Å². The Labute approximate surface area is 457 Å². The number of esters is 1. The van der Waals surface area contributed by atoms with Gasteiger partial charge in [0.25, 0.3) is 0 Å². The molecule has 7 N–H and O–H groups in total. The van der Waals surface area contributed by atoms with E-state index in [2.05, 4.69) is 36.0 Å². The van der Waals surface area contributed by atoms with Crippen molar-refractivity contribution in [3.8, 4) is 5.75 Å². The van der Waals surface area contributed by atoms with E-state index in [9.17, 15) is 49.2 Å². The maximum absolute atomic E-state index is 14.6. The number of hydrogen-bond acceptors (Lipinski definition) is 13. The average molecular weight is 1070 g/mol. The molecule has 77 heavy (non-hydrogen) atoms. The number of nitrogens with zero attached hydrogens (tertiary/aromatic N) is 1. The van der Waals surface area contributed by atoms with Gasteiger partial charge >= 0.3 is 5.97 Å². The van der Waals surface area contributed by atoms with Gasteiger partial charge in [-0.3, -0.25) is 29.0 Å². The fraction of sp³-hybridized carbons (Fsp3) is 0.639. The first-order chi connectivity index (χ1) is 36.5. The second-order valence-corrected chi connectivity index (χ2v) is 23.0. The number of Topliss-reactive ketones (excluding diaryl/α,β-unsaturated/α-hetero) is 2. The minimum absolute atomic E-state index is 0.0102. The molecule has 15 unspecified atom stereocenters. The Morgan fingerprint density at radius 2 is 1.75 bits per heavy atom. The van der Waals surface area contributed by atoms with Gasteiger partial charge in [0.1, 0.15) is 23.7 Å². The fourth-order valence-corrected chi connectivity index (χ4v) is 11.2. The van der Waals surface area contributed by atoms with Gasteiger partial charge in [0.15, 0.2) is 11.5 Å². The molecule has 2 bridgehead atoms. The van der Waals surface area contributed by atoms with E-state index in [1.54, 1.807) is 51.1 Å². The van der Waals surface area contributed by atoms with Crippen molar-refractivity contribution in [1.82, 2.24) is 21.1 Å². The van der Waals surface area contributed by atoms with Crippen molar-refractivity contribution in [2.75, 3.05) is 6.54 Å². The number of carbonyl (C=O) groups is 6. The van der Waals surface area contributed by atoms with Crippen LogP contribution in [-0.4, -0.2) is 116 Å². The van der Waals surface area contributed by atoms with Crippen LogP contribution < -0.4 is 16.1 Å². The fourth-order valence-electron chi connectivity index (χ4n) is 11.2. The Morgan fingerprint density at radius 1 is 1.01 bits per heavy atom. The maximum Gasteiger partial charge on any atom is 0.325 e. The number of nitrogens with one attached hydrogen (secondary N) is 3. The van der Waals surface area contributed by atoms with Gasteiger partial charge in [0.2, 0.25) is 17.7 Å². The Hall–Kier alpha value is -5.26. The van der Waals surface area contributed by atoms with Crippen molar-refractivity contribution < 1.29 is 58.7 Å². The highest BCUT2D eigenvalue weighted by Gasteiger charge is 2.51. The summed E-state index contributed by atoms with van der Waals surface area (Å²) in [6.45, 7) is 18.9. The molecule has 1 spiro atoms. The molecule has 0 radical (unpaired) electrons. The minimum Gasteiger partial charge on any atom is -0.508 e. The highest BCUT2D eigenvalue weighted by molar-refractivity contribution is 5.93. The predicted octanol–water partition coefficient (Wildman–Crippen LogP) is 7.45. The number of ketones is 2. The van der Waals surface area contributed by atoms with Crippen molar-refractivity contribution >= 4 is 35.3 Å². The number of aromatic hydroxyl groups is 1. The Bertz CT molecular complexity index is 2360. The third kappa shape index (κ3) is 17.1. The van der Waals surface area contributed by atoms with Gasteiger partial charge < -0.3 is 45.3 Å². The Kier molecular flexibility index (Phi) is 23.6. The molecular formula is C61H90N4O12. The van der Waals surface area contributed by atoms with E-state index in [-0.39, 0.29) is 85.9 Å². The zero-order valence-corrected chi connectivity index (χ0v) is 47.3. The van der Waals surface area contributed by atoms with Crippen LogP contribution in [0.1, 0.15) is 145 Å². The number of rotatable bonds is 15. The van der Waals surface area contributed by atoms with Crippen LogP contribution in [0.5, 0.6) is 5.75 Å². The van der Waals surface area contributed by atoms with Gasteiger partial charge in [-0.15, -0.1) is 0 Å². The molecule has 4 heterocycles. The first-order valence-electron chi connectivity index (χ1n) is 28.2. The molecule has 0 saturated carbocycles. The number of fused-ring (bicyclic) bond motifs is 2. The molecule has 426 valence electrons. The van der Waals surface area contributed by atoms with Gasteiger partial charge in [-0.25, -0.2) is 5.43 Å². The van der Waals surface area contributed by atoms with Crippen molar-refractivity contribution in [2.24, 2.45) is 47.3 Å². The lowest BCUT2D eigenvalue weighted by molar-refractivity contribution is -0.179. The molecule has 1 aromatic carbocycles. The molecule has 16 heteroatoms. The normalized spacial score (nSPS) is 32.5. The third-order valence-corrected chi connectivity index (χ3v) is 16.5. The number of allylic oxidation sites excluding steroid dienone is 5. The van der Waals surface area contributed by atoms with Gasteiger partial charge in [-0.1, -0.05) is 109 Å². The molecule has 16 nitrogen and oxygen atoms in total. The quantitative estimate of drug-likeness (QED) is 0.0514. The second-order valence-electron chi connectivity index (χ2n) is 23.0. The third-order valence-electron chi connectivity index (χ3n) is 16.5. The molecular weight excluding hydrogens is 981 g/mol. The second kappa shape index (κ2) is 29.1. The number of ether oxygens (including phenoxy) is 2. The number of benzene rings is 1. The lowest BCUT2D eigenvalue weighted by atomic mass is 9.75. The molecule has 4 aliphatic rings. The van der Waals surface area contributed by atoms with E-state index in [0.29, 0.717) is 37.7 Å². The SMILES string of the molecule is CCC1CC(C)C2(NC1=O)OC(CC(O)C(C)CCC=CC=C(C)C1CC=CC=CC(O)C(C)C(O)C(CCC(C)=O)C(=O)NC(C(C)C)C(=O)CC(Cc3cccc(O)c3)C(=O)N3CCCC(N3)C(=O)O1)C(C)C=C2C. The highest BCUT2D eigenvalue weighted by Crippen LogP contribution is 2.43. The van der Waals surface area contributed by atoms with Crippen LogP contribution in [0.15, 0.2) is 84.0 Å². The summed E-state index contributed by atoms with van der Waals surface area (Å²) in [5, 5.41) is 52.1. The molecule has 1 aromatic rings. The Morgan fingerprint density at radius 3 is 2.44 bits per heavy atom. The van der Waals surface area contributed by atoms with Gasteiger partial charge in [-0.05, 0) is 113 Å². The molecule has 0 aliphatic carbocycles. The van der Waals surface area contributed by atoms with Crippen molar-refractivity contribution in [2.45, 2.75) is 195 Å². The largest absolute Gasteiger partial charge is 0.508 e. The number of phenolic OH excluding ortho intramolecular Hbond substituents is 1. The summed E-state index contributed by atoms with van der Waals surface area (Å²) in [6.07, 6.45) is 14.4. The molecule has 3 amide bonds. The molecule has 15 atom stereocenters. The summed E-state index contributed by atoms with van der Waals surface area (Å²) >= 11 is 0. The number of hydrogen-bond donors (Lipinski definition) is 7. The van der Waals surface area contributed by atoms with Crippen LogP contribution in [0.4, 0.5) is 0 Å². The number of amides is 3. The van der Waals surface area contributed by atoms with E-state index in [1.807, 2.05) is 45.9 Å². The zero-order chi connectivity index (χ0) is 56.7.